The molecule has 2 aliphatic rings. The summed E-state index contributed by atoms with van der Waals surface area (Å²) in [4.78, 5) is 24.0. The number of aryl methyl sites for hydroxylation is 4. The number of hydrogen-bond acceptors (Lipinski definition) is 5. The maximum atomic E-state index is 12.0. The predicted octanol–water partition coefficient (Wildman–Crippen LogP) is 4.90. The van der Waals surface area contributed by atoms with Gasteiger partial charge < -0.3 is 24.8 Å². The number of benzene rings is 2. The highest BCUT2D eigenvalue weighted by molar-refractivity contribution is 5.92. The molecule has 2 saturated heterocycles. The molecule has 2 aromatic carbocycles. The Balaban J connectivity index is 1.57. The summed E-state index contributed by atoms with van der Waals surface area (Å²) in [6, 6.07) is 8.54. The van der Waals surface area contributed by atoms with E-state index in [0.717, 1.165) is 44.5 Å². The molecule has 4 atom stereocenters. The van der Waals surface area contributed by atoms with Crippen molar-refractivity contribution >= 4 is 11.8 Å². The van der Waals surface area contributed by atoms with Gasteiger partial charge in [-0.2, -0.15) is 0 Å². The molecule has 4 rings (SSSR count). The Morgan fingerprint density at radius 2 is 1.13 bits per heavy atom. The van der Waals surface area contributed by atoms with Crippen molar-refractivity contribution in [2.24, 2.45) is 0 Å². The Kier molecular flexibility index (Phi) is 8.74. The molecule has 0 aliphatic carbocycles. The molecular formula is C32H40N2O5. The Morgan fingerprint density at radius 3 is 1.44 bits per heavy atom. The van der Waals surface area contributed by atoms with Crippen molar-refractivity contribution < 1.29 is 23.8 Å². The molecule has 0 bridgehead atoms. The predicted molar refractivity (Wildman–Crippen MR) is 151 cm³/mol. The van der Waals surface area contributed by atoms with Crippen molar-refractivity contribution in [1.82, 2.24) is 10.6 Å². The van der Waals surface area contributed by atoms with E-state index < -0.39 is 0 Å². The number of rotatable bonds is 12. The summed E-state index contributed by atoms with van der Waals surface area (Å²) in [6.07, 6.45) is -0.523. The largest absolute Gasteiger partial charge is 0.370 e. The highest BCUT2D eigenvalue weighted by Gasteiger charge is 2.43. The van der Waals surface area contributed by atoms with Crippen LogP contribution < -0.4 is 10.6 Å². The first-order valence-corrected chi connectivity index (χ1v) is 13.4. The first-order valence-electron chi connectivity index (χ1n) is 13.4. The van der Waals surface area contributed by atoms with Gasteiger partial charge in [-0.15, -0.1) is 0 Å². The van der Waals surface area contributed by atoms with Gasteiger partial charge in [-0.05, 0) is 86.1 Å². The highest BCUT2D eigenvalue weighted by Crippen LogP contribution is 2.42. The van der Waals surface area contributed by atoms with E-state index in [1.807, 2.05) is 0 Å². The average molecular weight is 533 g/mol. The number of carbonyl (C=O) groups excluding carboxylic acids is 2. The van der Waals surface area contributed by atoms with Crippen molar-refractivity contribution in [1.29, 1.82) is 0 Å². The van der Waals surface area contributed by atoms with E-state index in [4.69, 9.17) is 14.2 Å². The van der Waals surface area contributed by atoms with Gasteiger partial charge >= 0.3 is 0 Å². The minimum Gasteiger partial charge on any atom is -0.370 e. The van der Waals surface area contributed by atoms with Crippen LogP contribution in [-0.4, -0.2) is 37.2 Å². The van der Waals surface area contributed by atoms with Gasteiger partial charge in [0.1, 0.15) is 24.4 Å². The highest BCUT2D eigenvalue weighted by atomic mass is 16.6. The number of nitrogens with one attached hydrogen (secondary N) is 2. The number of epoxide rings is 2. The molecule has 2 fully saturated rings. The van der Waals surface area contributed by atoms with E-state index in [2.05, 4.69) is 75.8 Å². The molecule has 2 aliphatic heterocycles. The SMILES string of the molecule is C=C(C)C(=O)NCc1cc(C)c(C(OC(c2cc(C)c(CNC(=O)C(=C)C)cc2C)C2CO2)C2CO2)cc1C. The van der Waals surface area contributed by atoms with E-state index in [1.54, 1.807) is 13.8 Å². The van der Waals surface area contributed by atoms with Crippen LogP contribution >= 0.6 is 0 Å². The fourth-order valence-electron chi connectivity index (χ4n) is 4.78. The Bertz CT molecular complexity index is 1210. The van der Waals surface area contributed by atoms with Crippen LogP contribution in [0.5, 0.6) is 0 Å². The summed E-state index contributed by atoms with van der Waals surface area (Å²) in [7, 11) is 0. The molecule has 2 amide bonds. The zero-order valence-corrected chi connectivity index (χ0v) is 23.9. The number of amides is 2. The van der Waals surface area contributed by atoms with Crippen molar-refractivity contribution in [3.63, 3.8) is 0 Å². The third kappa shape index (κ3) is 7.04. The maximum Gasteiger partial charge on any atom is 0.246 e. The minimum atomic E-state index is -0.244. The molecule has 7 nitrogen and oxygen atoms in total. The van der Waals surface area contributed by atoms with Gasteiger partial charge in [0.15, 0.2) is 0 Å². The van der Waals surface area contributed by atoms with Gasteiger partial charge in [-0.25, -0.2) is 0 Å². The van der Waals surface area contributed by atoms with Gasteiger partial charge in [0.2, 0.25) is 11.8 Å². The van der Waals surface area contributed by atoms with Crippen LogP contribution in [0.25, 0.3) is 0 Å². The van der Waals surface area contributed by atoms with Crippen molar-refractivity contribution in [3.8, 4) is 0 Å². The van der Waals surface area contributed by atoms with Gasteiger partial charge in [0, 0.05) is 24.2 Å². The van der Waals surface area contributed by atoms with Gasteiger partial charge in [0.25, 0.3) is 0 Å². The van der Waals surface area contributed by atoms with Crippen LogP contribution in [0.15, 0.2) is 48.6 Å². The molecule has 0 saturated carbocycles. The molecule has 2 heterocycles. The summed E-state index contributed by atoms with van der Waals surface area (Å²) in [5, 5.41) is 5.85. The van der Waals surface area contributed by atoms with Gasteiger partial charge in [-0.3, -0.25) is 9.59 Å². The van der Waals surface area contributed by atoms with Crippen LogP contribution in [0.1, 0.15) is 70.6 Å². The van der Waals surface area contributed by atoms with E-state index in [9.17, 15) is 9.59 Å². The Hall–Kier alpha value is -3.26. The molecule has 39 heavy (non-hydrogen) atoms. The van der Waals surface area contributed by atoms with Crippen LogP contribution in [0.2, 0.25) is 0 Å². The third-order valence-electron chi connectivity index (χ3n) is 7.40. The molecule has 2 aromatic rings. The monoisotopic (exact) mass is 532 g/mol. The number of carbonyl (C=O) groups is 2. The Labute approximate surface area is 231 Å². The second-order valence-electron chi connectivity index (χ2n) is 10.9. The average Bonchev–Trinajstić information content (AvgIpc) is 3.79. The normalized spacial score (nSPS) is 19.1. The molecule has 208 valence electrons. The lowest BCUT2D eigenvalue weighted by Crippen LogP contribution is -2.24. The summed E-state index contributed by atoms with van der Waals surface area (Å²) >= 11 is 0. The molecule has 0 radical (unpaired) electrons. The summed E-state index contributed by atoms with van der Waals surface area (Å²) in [5.41, 5.74) is 9.62. The second kappa shape index (κ2) is 11.9. The molecule has 0 aromatic heterocycles. The second-order valence-corrected chi connectivity index (χ2v) is 10.9. The quantitative estimate of drug-likeness (QED) is 0.300. The number of hydrogen-bond donors (Lipinski definition) is 2. The first-order chi connectivity index (χ1) is 18.5. The van der Waals surface area contributed by atoms with Crippen LogP contribution in [0.3, 0.4) is 0 Å². The minimum absolute atomic E-state index is 0.0173. The zero-order valence-electron chi connectivity index (χ0n) is 23.9. The smallest absolute Gasteiger partial charge is 0.246 e. The van der Waals surface area contributed by atoms with Crippen LogP contribution in [-0.2, 0) is 36.9 Å². The van der Waals surface area contributed by atoms with Crippen LogP contribution in [0, 0.1) is 27.7 Å². The van der Waals surface area contributed by atoms with E-state index in [0.29, 0.717) is 37.4 Å². The standard InChI is InChI=1S/C32H40N2O5/c1-17(2)31(35)33-13-23-9-21(7)25(11-19(23)5)29(27-15-37-27)39-30(28-16-38-28)26-12-20(6)24(10-22(26)8)14-34-32(36)18(3)4/h9-12,27-30H,1,3,13-16H2,2,4-8H3,(H,33,35)(H,34,36). The van der Waals surface area contributed by atoms with Gasteiger partial charge in [0.05, 0.1) is 13.2 Å². The fourth-order valence-corrected chi connectivity index (χ4v) is 4.78. The molecule has 7 heteroatoms. The zero-order chi connectivity index (χ0) is 28.4. The van der Waals surface area contributed by atoms with E-state index in [-0.39, 0.29) is 36.2 Å². The molecule has 0 spiro atoms. The lowest BCUT2D eigenvalue weighted by atomic mass is 9.93. The van der Waals surface area contributed by atoms with E-state index >= 15 is 0 Å². The molecular weight excluding hydrogens is 492 g/mol. The Morgan fingerprint density at radius 1 is 0.769 bits per heavy atom. The first kappa shape index (κ1) is 28.7. The number of ether oxygens (including phenoxy) is 3. The summed E-state index contributed by atoms with van der Waals surface area (Å²) < 4.78 is 18.4. The summed E-state index contributed by atoms with van der Waals surface area (Å²) in [6.45, 7) is 21.3. The third-order valence-corrected chi connectivity index (χ3v) is 7.40. The molecule has 2 N–H and O–H groups in total. The maximum absolute atomic E-state index is 12.0. The van der Waals surface area contributed by atoms with Crippen molar-refractivity contribution in [2.75, 3.05) is 13.2 Å². The molecule has 4 unspecified atom stereocenters. The lowest BCUT2D eigenvalue weighted by molar-refractivity contribution is -0.118. The van der Waals surface area contributed by atoms with Crippen molar-refractivity contribution in [2.45, 2.75) is 79.0 Å². The van der Waals surface area contributed by atoms with Gasteiger partial charge in [-0.1, -0.05) is 37.4 Å². The lowest BCUT2D eigenvalue weighted by Gasteiger charge is -2.27. The van der Waals surface area contributed by atoms with Crippen LogP contribution in [0.4, 0.5) is 0 Å². The summed E-state index contributed by atoms with van der Waals surface area (Å²) in [5.74, 6) is -0.295. The topological polar surface area (TPSA) is 92.5 Å². The fraction of sp³-hybridized carbons (Fsp3) is 0.438. The van der Waals surface area contributed by atoms with E-state index in [1.165, 1.54) is 0 Å². The van der Waals surface area contributed by atoms with Crippen molar-refractivity contribution in [3.05, 3.63) is 93.1 Å².